The molecule has 7 heteroatoms. The molecule has 0 saturated carbocycles. The van der Waals surface area contributed by atoms with Gasteiger partial charge in [-0.2, -0.15) is 0 Å². The van der Waals surface area contributed by atoms with Crippen LogP contribution in [0, 0.1) is 6.92 Å². The van der Waals surface area contributed by atoms with E-state index in [-0.39, 0.29) is 0 Å². The second-order valence-electron chi connectivity index (χ2n) is 6.51. The zero-order valence-corrected chi connectivity index (χ0v) is 16.2. The van der Waals surface area contributed by atoms with Gasteiger partial charge in [0.1, 0.15) is 0 Å². The zero-order chi connectivity index (χ0) is 18.5. The highest BCUT2D eigenvalue weighted by Gasteiger charge is 2.21. The number of thioether (sulfide) groups is 1. The minimum absolute atomic E-state index is 0.727. The summed E-state index contributed by atoms with van der Waals surface area (Å²) in [6.45, 7) is 5.23. The summed E-state index contributed by atoms with van der Waals surface area (Å²) < 4.78 is 7.66. The van der Waals surface area contributed by atoms with Gasteiger partial charge in [0.2, 0.25) is 5.95 Å². The monoisotopic (exact) mass is 381 g/mol. The van der Waals surface area contributed by atoms with E-state index in [9.17, 15) is 0 Å². The van der Waals surface area contributed by atoms with Crippen molar-refractivity contribution >= 4 is 17.7 Å². The molecule has 3 aromatic rings. The van der Waals surface area contributed by atoms with Crippen molar-refractivity contribution in [3.63, 3.8) is 0 Å². The smallest absolute Gasteiger partial charge is 0.232 e. The van der Waals surface area contributed by atoms with E-state index in [2.05, 4.69) is 68.0 Å². The summed E-state index contributed by atoms with van der Waals surface area (Å²) >= 11 is 1.74. The Morgan fingerprint density at radius 1 is 1.00 bits per heavy atom. The molecule has 4 rings (SSSR count). The average molecular weight is 382 g/mol. The molecular formula is C20H23N5OS. The minimum Gasteiger partial charge on any atom is -0.378 e. The predicted octanol–water partition coefficient (Wildman–Crippen LogP) is 3.14. The van der Waals surface area contributed by atoms with Crippen LogP contribution in [0.2, 0.25) is 0 Å². The fourth-order valence-electron chi connectivity index (χ4n) is 3.05. The van der Waals surface area contributed by atoms with Crippen LogP contribution in [-0.4, -0.2) is 51.8 Å². The summed E-state index contributed by atoms with van der Waals surface area (Å²) in [4.78, 5) is 6.33. The van der Waals surface area contributed by atoms with Crippen LogP contribution in [0.15, 0.2) is 53.9 Å². The number of rotatable bonds is 6. The van der Waals surface area contributed by atoms with Gasteiger partial charge in [-0.05, 0) is 43.2 Å². The van der Waals surface area contributed by atoms with Crippen LogP contribution in [0.25, 0.3) is 5.69 Å². The molecule has 3 heterocycles. The normalized spacial score (nSPS) is 14.5. The Hall–Kier alpha value is -2.38. The van der Waals surface area contributed by atoms with Crippen molar-refractivity contribution in [1.29, 1.82) is 0 Å². The molecule has 0 amide bonds. The number of hydrogen-bond acceptors (Lipinski definition) is 6. The number of aromatic nitrogens is 4. The van der Waals surface area contributed by atoms with E-state index in [1.807, 2.05) is 12.4 Å². The van der Waals surface area contributed by atoms with Crippen molar-refractivity contribution in [2.24, 2.45) is 0 Å². The molecule has 1 fully saturated rings. The van der Waals surface area contributed by atoms with E-state index in [1.165, 1.54) is 11.1 Å². The average Bonchev–Trinajstić information content (AvgIpc) is 3.14. The number of benzene rings is 1. The van der Waals surface area contributed by atoms with Crippen molar-refractivity contribution in [3.05, 3.63) is 59.9 Å². The third-order valence-corrected chi connectivity index (χ3v) is 5.50. The first-order valence-corrected chi connectivity index (χ1v) is 10.2. The molecule has 0 aliphatic carbocycles. The third-order valence-electron chi connectivity index (χ3n) is 4.57. The Labute approximate surface area is 163 Å². The van der Waals surface area contributed by atoms with Gasteiger partial charge in [-0.25, -0.2) is 0 Å². The standard InChI is InChI=1S/C20H23N5OS/c1-16-2-4-18(5-3-16)25-19(24-11-13-26-14-12-24)22-23-20(25)27-15-8-17-6-9-21-10-7-17/h2-7,9-10H,8,11-15H2,1H3. The molecule has 0 N–H and O–H groups in total. The first-order chi connectivity index (χ1) is 13.3. The lowest BCUT2D eigenvalue weighted by atomic mass is 10.2. The molecule has 0 unspecified atom stereocenters. The summed E-state index contributed by atoms with van der Waals surface area (Å²) in [5.74, 6) is 1.84. The van der Waals surface area contributed by atoms with E-state index in [0.29, 0.717) is 0 Å². The Balaban J connectivity index is 1.58. The molecule has 1 aliphatic heterocycles. The van der Waals surface area contributed by atoms with Gasteiger partial charge in [-0.1, -0.05) is 29.5 Å². The Morgan fingerprint density at radius 3 is 2.48 bits per heavy atom. The summed E-state index contributed by atoms with van der Waals surface area (Å²) in [7, 11) is 0. The number of anilines is 1. The van der Waals surface area contributed by atoms with Crippen molar-refractivity contribution < 1.29 is 4.74 Å². The van der Waals surface area contributed by atoms with E-state index in [0.717, 1.165) is 55.3 Å². The Morgan fingerprint density at radius 2 is 1.74 bits per heavy atom. The highest BCUT2D eigenvalue weighted by Crippen LogP contribution is 2.27. The number of ether oxygens (including phenoxy) is 1. The first-order valence-electron chi connectivity index (χ1n) is 9.18. The van der Waals surface area contributed by atoms with E-state index >= 15 is 0 Å². The molecule has 0 atom stereocenters. The number of pyridine rings is 1. The molecule has 140 valence electrons. The van der Waals surface area contributed by atoms with E-state index in [1.54, 1.807) is 11.8 Å². The largest absolute Gasteiger partial charge is 0.378 e. The maximum atomic E-state index is 5.49. The summed E-state index contributed by atoms with van der Waals surface area (Å²) in [6, 6.07) is 12.6. The van der Waals surface area contributed by atoms with Crippen LogP contribution in [0.1, 0.15) is 11.1 Å². The molecule has 6 nitrogen and oxygen atoms in total. The quantitative estimate of drug-likeness (QED) is 0.612. The summed E-state index contributed by atoms with van der Waals surface area (Å²) in [5.41, 5.74) is 3.62. The molecule has 2 aromatic heterocycles. The molecule has 0 bridgehead atoms. The highest BCUT2D eigenvalue weighted by atomic mass is 32.2. The fraction of sp³-hybridized carbons (Fsp3) is 0.350. The maximum absolute atomic E-state index is 5.49. The van der Waals surface area contributed by atoms with Crippen LogP contribution in [0.3, 0.4) is 0 Å². The van der Waals surface area contributed by atoms with E-state index in [4.69, 9.17) is 4.74 Å². The van der Waals surface area contributed by atoms with Crippen LogP contribution < -0.4 is 4.90 Å². The molecule has 1 aliphatic rings. The van der Waals surface area contributed by atoms with Gasteiger partial charge in [0.25, 0.3) is 0 Å². The van der Waals surface area contributed by atoms with Crippen LogP contribution >= 0.6 is 11.8 Å². The number of morpholine rings is 1. The van der Waals surface area contributed by atoms with Crippen molar-refractivity contribution in [2.75, 3.05) is 37.0 Å². The maximum Gasteiger partial charge on any atom is 0.232 e. The minimum atomic E-state index is 0.727. The van der Waals surface area contributed by atoms with Gasteiger partial charge < -0.3 is 9.64 Å². The predicted molar refractivity (Wildman–Crippen MR) is 108 cm³/mol. The molecule has 0 radical (unpaired) electrons. The SMILES string of the molecule is Cc1ccc(-n2c(SCCc3ccncc3)nnc2N2CCOCC2)cc1. The Bertz CT molecular complexity index is 860. The Kier molecular flexibility index (Phi) is 5.69. The topological polar surface area (TPSA) is 56.1 Å². The van der Waals surface area contributed by atoms with Crippen LogP contribution in [-0.2, 0) is 11.2 Å². The van der Waals surface area contributed by atoms with Gasteiger partial charge in [0, 0.05) is 31.2 Å². The molecule has 0 spiro atoms. The third kappa shape index (κ3) is 4.31. The van der Waals surface area contributed by atoms with Crippen LogP contribution in [0.5, 0.6) is 0 Å². The van der Waals surface area contributed by atoms with Crippen molar-refractivity contribution in [3.8, 4) is 5.69 Å². The summed E-state index contributed by atoms with van der Waals surface area (Å²) in [6.07, 6.45) is 4.65. The van der Waals surface area contributed by atoms with Gasteiger partial charge in [0.15, 0.2) is 5.16 Å². The van der Waals surface area contributed by atoms with Gasteiger partial charge in [-0.3, -0.25) is 9.55 Å². The lowest BCUT2D eigenvalue weighted by Gasteiger charge is -2.28. The molecular weight excluding hydrogens is 358 g/mol. The van der Waals surface area contributed by atoms with E-state index < -0.39 is 0 Å². The summed E-state index contributed by atoms with van der Waals surface area (Å²) in [5, 5.41) is 9.94. The molecule has 1 saturated heterocycles. The zero-order valence-electron chi connectivity index (χ0n) is 15.4. The number of hydrogen-bond donors (Lipinski definition) is 0. The first kappa shape index (κ1) is 18.0. The van der Waals surface area contributed by atoms with Crippen molar-refractivity contribution in [1.82, 2.24) is 19.7 Å². The second kappa shape index (κ2) is 8.54. The fourth-order valence-corrected chi connectivity index (χ4v) is 3.99. The van der Waals surface area contributed by atoms with Gasteiger partial charge >= 0.3 is 0 Å². The number of aryl methyl sites for hydroxylation is 2. The lowest BCUT2D eigenvalue weighted by molar-refractivity contribution is 0.122. The van der Waals surface area contributed by atoms with Crippen molar-refractivity contribution in [2.45, 2.75) is 18.5 Å². The second-order valence-corrected chi connectivity index (χ2v) is 7.57. The highest BCUT2D eigenvalue weighted by molar-refractivity contribution is 7.99. The van der Waals surface area contributed by atoms with Gasteiger partial charge in [0.05, 0.1) is 18.9 Å². The number of nitrogens with zero attached hydrogens (tertiary/aromatic N) is 5. The van der Waals surface area contributed by atoms with Gasteiger partial charge in [-0.15, -0.1) is 10.2 Å². The molecule has 27 heavy (non-hydrogen) atoms. The molecule has 1 aromatic carbocycles. The lowest BCUT2D eigenvalue weighted by Crippen LogP contribution is -2.37. The van der Waals surface area contributed by atoms with Crippen LogP contribution in [0.4, 0.5) is 5.95 Å².